The third-order valence-corrected chi connectivity index (χ3v) is 2.78. The summed E-state index contributed by atoms with van der Waals surface area (Å²) in [5, 5.41) is 22.3. The van der Waals surface area contributed by atoms with Crippen LogP contribution in [0.25, 0.3) is 0 Å². The van der Waals surface area contributed by atoms with Crippen molar-refractivity contribution in [3.63, 3.8) is 0 Å². The van der Waals surface area contributed by atoms with E-state index in [4.69, 9.17) is 9.84 Å². The molecular weight excluding hydrogens is 280 g/mol. The van der Waals surface area contributed by atoms with Gasteiger partial charge < -0.3 is 15.2 Å². The number of nitro groups is 1. The number of hydrogen-bond donors (Lipinski definition) is 2. The number of carbonyl (C=O) groups excluding carboxylic acids is 1. The summed E-state index contributed by atoms with van der Waals surface area (Å²) in [6.45, 7) is 3.35. The second kappa shape index (κ2) is 7.22. The maximum atomic E-state index is 11.5. The van der Waals surface area contributed by atoms with Crippen molar-refractivity contribution in [2.75, 3.05) is 6.61 Å². The Hall–Kier alpha value is -2.64. The number of aromatic carboxylic acids is 1. The fraction of sp³-hybridized carbons (Fsp3) is 0.385. The molecule has 0 aromatic heterocycles. The Balaban J connectivity index is 2.81. The summed E-state index contributed by atoms with van der Waals surface area (Å²) in [4.78, 5) is 32.5. The van der Waals surface area contributed by atoms with Crippen molar-refractivity contribution in [2.24, 2.45) is 0 Å². The number of nitrogens with one attached hydrogen (secondary N) is 1. The topological polar surface area (TPSA) is 119 Å². The Labute approximate surface area is 120 Å². The van der Waals surface area contributed by atoms with Gasteiger partial charge in [-0.25, -0.2) is 4.79 Å². The summed E-state index contributed by atoms with van der Waals surface area (Å²) in [5.74, 6) is -1.83. The van der Waals surface area contributed by atoms with E-state index >= 15 is 0 Å². The Morgan fingerprint density at radius 2 is 2.14 bits per heavy atom. The Kier molecular flexibility index (Phi) is 5.65. The number of benzene rings is 1. The van der Waals surface area contributed by atoms with Crippen LogP contribution in [0.3, 0.4) is 0 Å². The molecule has 0 aliphatic heterocycles. The van der Waals surface area contributed by atoms with Gasteiger partial charge in [0.25, 0.3) is 5.91 Å². The van der Waals surface area contributed by atoms with Gasteiger partial charge in [-0.05, 0) is 25.5 Å². The van der Waals surface area contributed by atoms with Gasteiger partial charge in [-0.1, -0.05) is 6.92 Å². The normalized spacial score (nSPS) is 11.5. The highest BCUT2D eigenvalue weighted by Gasteiger charge is 2.19. The van der Waals surface area contributed by atoms with E-state index in [1.54, 1.807) is 0 Å². The lowest BCUT2D eigenvalue weighted by Gasteiger charge is -2.12. The standard InChI is InChI=1S/C13H16N2O6/c1-3-8(2)14-12(16)7-21-11-5-4-9(13(17)18)6-10(11)15(19)20/h4-6,8H,3,7H2,1-2H3,(H,14,16)(H,17,18)/t8-/m0/s1. The van der Waals surface area contributed by atoms with Crippen LogP contribution in [0.2, 0.25) is 0 Å². The average Bonchev–Trinajstić information content (AvgIpc) is 2.44. The van der Waals surface area contributed by atoms with Crippen molar-refractivity contribution < 1.29 is 24.4 Å². The first-order valence-corrected chi connectivity index (χ1v) is 6.29. The second-order valence-electron chi connectivity index (χ2n) is 4.41. The highest BCUT2D eigenvalue weighted by Crippen LogP contribution is 2.27. The van der Waals surface area contributed by atoms with Gasteiger partial charge in [0.15, 0.2) is 12.4 Å². The van der Waals surface area contributed by atoms with Gasteiger partial charge in [-0.3, -0.25) is 14.9 Å². The third-order valence-electron chi connectivity index (χ3n) is 2.78. The van der Waals surface area contributed by atoms with E-state index in [1.807, 2.05) is 13.8 Å². The maximum absolute atomic E-state index is 11.5. The van der Waals surface area contributed by atoms with E-state index in [9.17, 15) is 19.7 Å². The van der Waals surface area contributed by atoms with Crippen LogP contribution in [-0.2, 0) is 4.79 Å². The molecule has 2 N–H and O–H groups in total. The molecule has 0 spiro atoms. The first kappa shape index (κ1) is 16.4. The van der Waals surface area contributed by atoms with E-state index in [1.165, 1.54) is 6.07 Å². The monoisotopic (exact) mass is 296 g/mol. The summed E-state index contributed by atoms with van der Waals surface area (Å²) in [6, 6.07) is 3.21. The van der Waals surface area contributed by atoms with E-state index in [0.29, 0.717) is 0 Å². The Bertz CT molecular complexity index is 558. The molecule has 1 rings (SSSR count). The molecule has 0 heterocycles. The molecular formula is C13H16N2O6. The van der Waals surface area contributed by atoms with Crippen molar-refractivity contribution >= 4 is 17.6 Å². The Morgan fingerprint density at radius 3 is 2.67 bits per heavy atom. The number of carboxylic acids is 1. The SMILES string of the molecule is CC[C@H](C)NC(=O)COc1ccc(C(=O)O)cc1[N+](=O)[O-]. The maximum Gasteiger partial charge on any atom is 0.335 e. The quantitative estimate of drug-likeness (QED) is 0.582. The van der Waals surface area contributed by atoms with Gasteiger partial charge in [-0.2, -0.15) is 0 Å². The number of nitro benzene ring substituents is 1. The highest BCUT2D eigenvalue weighted by atomic mass is 16.6. The second-order valence-corrected chi connectivity index (χ2v) is 4.41. The fourth-order valence-corrected chi connectivity index (χ4v) is 1.48. The van der Waals surface area contributed by atoms with Crippen LogP contribution in [-0.4, -0.2) is 34.6 Å². The minimum absolute atomic E-state index is 0.0227. The predicted molar refractivity (Wildman–Crippen MR) is 73.4 cm³/mol. The number of carboxylic acid groups (broad SMARTS) is 1. The van der Waals surface area contributed by atoms with E-state index in [0.717, 1.165) is 18.6 Å². The smallest absolute Gasteiger partial charge is 0.335 e. The lowest BCUT2D eigenvalue weighted by molar-refractivity contribution is -0.385. The Morgan fingerprint density at radius 1 is 1.48 bits per heavy atom. The molecule has 1 aromatic carbocycles. The highest BCUT2D eigenvalue weighted by molar-refractivity contribution is 5.89. The number of hydrogen-bond acceptors (Lipinski definition) is 5. The molecule has 1 atom stereocenters. The molecule has 1 amide bonds. The van der Waals surface area contributed by atoms with Crippen LogP contribution in [0.4, 0.5) is 5.69 Å². The van der Waals surface area contributed by atoms with Gasteiger partial charge in [0.1, 0.15) is 0 Å². The first-order chi connectivity index (χ1) is 9.85. The van der Waals surface area contributed by atoms with Crippen LogP contribution >= 0.6 is 0 Å². The minimum Gasteiger partial charge on any atom is -0.478 e. The van der Waals surface area contributed by atoms with Crippen LogP contribution in [0.1, 0.15) is 30.6 Å². The number of rotatable bonds is 7. The number of ether oxygens (including phenoxy) is 1. The molecule has 114 valence electrons. The molecule has 21 heavy (non-hydrogen) atoms. The van der Waals surface area contributed by atoms with Crippen molar-refractivity contribution in [3.05, 3.63) is 33.9 Å². The number of amides is 1. The molecule has 0 aliphatic carbocycles. The molecule has 8 heteroatoms. The predicted octanol–water partition coefficient (Wildman–Crippen LogP) is 1.59. The van der Waals surface area contributed by atoms with E-state index < -0.39 is 22.5 Å². The molecule has 0 unspecified atom stereocenters. The zero-order valence-corrected chi connectivity index (χ0v) is 11.7. The number of carbonyl (C=O) groups is 2. The average molecular weight is 296 g/mol. The van der Waals surface area contributed by atoms with Crippen LogP contribution < -0.4 is 10.1 Å². The summed E-state index contributed by atoms with van der Waals surface area (Å²) < 4.78 is 5.09. The lowest BCUT2D eigenvalue weighted by Crippen LogP contribution is -2.35. The van der Waals surface area contributed by atoms with E-state index in [2.05, 4.69) is 5.32 Å². The first-order valence-electron chi connectivity index (χ1n) is 6.29. The molecule has 0 radical (unpaired) electrons. The van der Waals surface area contributed by atoms with Gasteiger partial charge in [0, 0.05) is 12.1 Å². The molecule has 0 aliphatic rings. The molecule has 0 saturated carbocycles. The van der Waals surface area contributed by atoms with Gasteiger partial charge in [0.05, 0.1) is 10.5 Å². The molecule has 8 nitrogen and oxygen atoms in total. The summed E-state index contributed by atoms with van der Waals surface area (Å²) in [6.07, 6.45) is 0.749. The molecule has 0 bridgehead atoms. The molecule has 0 fully saturated rings. The van der Waals surface area contributed by atoms with Crippen LogP contribution in [0, 0.1) is 10.1 Å². The third kappa shape index (κ3) is 4.75. The van der Waals surface area contributed by atoms with Gasteiger partial charge in [-0.15, -0.1) is 0 Å². The lowest BCUT2D eigenvalue weighted by atomic mass is 10.2. The van der Waals surface area contributed by atoms with Crippen molar-refractivity contribution in [3.8, 4) is 5.75 Å². The minimum atomic E-state index is -1.28. The van der Waals surface area contributed by atoms with Crippen molar-refractivity contribution in [1.29, 1.82) is 0 Å². The van der Waals surface area contributed by atoms with Crippen LogP contribution in [0.5, 0.6) is 5.75 Å². The zero-order valence-electron chi connectivity index (χ0n) is 11.7. The molecule has 1 aromatic rings. The molecule has 0 saturated heterocycles. The fourth-order valence-electron chi connectivity index (χ4n) is 1.48. The van der Waals surface area contributed by atoms with Crippen molar-refractivity contribution in [1.82, 2.24) is 5.32 Å². The summed E-state index contributed by atoms with van der Waals surface area (Å²) in [7, 11) is 0. The summed E-state index contributed by atoms with van der Waals surface area (Å²) in [5.41, 5.74) is -0.718. The zero-order chi connectivity index (χ0) is 16.0. The van der Waals surface area contributed by atoms with Gasteiger partial charge in [0.2, 0.25) is 0 Å². The van der Waals surface area contributed by atoms with Gasteiger partial charge >= 0.3 is 11.7 Å². The largest absolute Gasteiger partial charge is 0.478 e. The van der Waals surface area contributed by atoms with Crippen LogP contribution in [0.15, 0.2) is 18.2 Å². The van der Waals surface area contributed by atoms with Crippen molar-refractivity contribution in [2.45, 2.75) is 26.3 Å². The summed E-state index contributed by atoms with van der Waals surface area (Å²) >= 11 is 0. The number of nitrogens with zero attached hydrogens (tertiary/aromatic N) is 1. The van der Waals surface area contributed by atoms with E-state index in [-0.39, 0.29) is 24.0 Å².